The molecule has 3 aliphatic rings. The monoisotopic (exact) mass is 763 g/mol. The lowest BCUT2D eigenvalue weighted by atomic mass is 9.86. The number of pyridine rings is 2. The number of ether oxygens (including phenoxy) is 2. The number of carbonyl (C=O) groups is 5. The van der Waals surface area contributed by atoms with Crippen LogP contribution in [0.15, 0.2) is 53.3 Å². The Morgan fingerprint density at radius 1 is 0.982 bits per heavy atom. The van der Waals surface area contributed by atoms with Gasteiger partial charge in [-0.2, -0.15) is 0 Å². The summed E-state index contributed by atoms with van der Waals surface area (Å²) in [6.45, 7) is 6.38. The molecule has 14 nitrogen and oxygen atoms in total. The number of nitrogens with one attached hydrogen (secondary N) is 2. The van der Waals surface area contributed by atoms with Gasteiger partial charge in [0.1, 0.15) is 13.3 Å². The van der Waals surface area contributed by atoms with Crippen molar-refractivity contribution in [3.63, 3.8) is 0 Å². The summed E-state index contributed by atoms with van der Waals surface area (Å²) in [5.74, 6) is -1.76. The quantitative estimate of drug-likeness (QED) is 0.0468. The Labute approximate surface area is 322 Å². The number of imide groups is 1. The zero-order chi connectivity index (χ0) is 39.7. The van der Waals surface area contributed by atoms with Crippen LogP contribution in [0.4, 0.5) is 0 Å². The van der Waals surface area contributed by atoms with Crippen LogP contribution in [-0.2, 0) is 65.2 Å². The van der Waals surface area contributed by atoms with E-state index in [1.165, 1.54) is 17.1 Å². The zero-order valence-corrected chi connectivity index (χ0v) is 31.7. The zero-order valence-electron chi connectivity index (χ0n) is 31.7. The molecular weight excluding hydrogens is 718 g/mol. The van der Waals surface area contributed by atoms with Crippen LogP contribution in [0, 0.1) is 5.92 Å². The maximum Gasteiger partial charge on any atom is 0.343 e. The highest BCUT2D eigenvalue weighted by Crippen LogP contribution is 2.42. The average Bonchev–Trinajstić information content (AvgIpc) is 3.71. The molecule has 292 valence electrons. The van der Waals surface area contributed by atoms with Gasteiger partial charge >= 0.3 is 5.97 Å². The van der Waals surface area contributed by atoms with Gasteiger partial charge in [-0.25, -0.2) is 9.78 Å². The lowest BCUT2D eigenvalue weighted by Crippen LogP contribution is -2.44. The molecule has 4 amide bonds. The van der Waals surface area contributed by atoms with Crippen LogP contribution >= 0.6 is 0 Å². The highest BCUT2D eigenvalue weighted by Gasteiger charge is 2.45. The van der Waals surface area contributed by atoms with Crippen molar-refractivity contribution >= 4 is 51.3 Å². The number of aromatic nitrogens is 2. The van der Waals surface area contributed by atoms with Gasteiger partial charge in [0, 0.05) is 41.6 Å². The first-order valence-electron chi connectivity index (χ1n) is 19.1. The van der Waals surface area contributed by atoms with Gasteiger partial charge in [0.15, 0.2) is 5.60 Å². The second kappa shape index (κ2) is 15.8. The van der Waals surface area contributed by atoms with E-state index >= 15 is 0 Å². The van der Waals surface area contributed by atoms with Gasteiger partial charge in [0.25, 0.3) is 17.4 Å². The molecule has 3 N–H and O–H groups in total. The smallest absolute Gasteiger partial charge is 0.343 e. The molecule has 0 saturated carbocycles. The lowest BCUT2D eigenvalue weighted by Gasteiger charge is -2.31. The van der Waals surface area contributed by atoms with Crippen molar-refractivity contribution < 1.29 is 38.6 Å². The molecule has 0 unspecified atom stereocenters. The summed E-state index contributed by atoms with van der Waals surface area (Å²) in [5.41, 5.74) is 3.27. The first-order chi connectivity index (χ1) is 26.9. The Morgan fingerprint density at radius 3 is 2.50 bits per heavy atom. The maximum atomic E-state index is 13.9. The molecule has 2 aromatic heterocycles. The minimum Gasteiger partial charge on any atom is -0.458 e. The Bertz CT molecular complexity index is 2360. The van der Waals surface area contributed by atoms with E-state index in [2.05, 4.69) is 30.5 Å². The number of cyclic esters (lactones) is 1. The Balaban J connectivity index is 1.01. The van der Waals surface area contributed by atoms with E-state index in [9.17, 15) is 33.9 Å². The number of fused-ring (bicyclic) bond motifs is 7. The number of amides is 4. The van der Waals surface area contributed by atoms with E-state index in [1.807, 2.05) is 24.3 Å². The summed E-state index contributed by atoms with van der Waals surface area (Å²) >= 11 is 0. The highest BCUT2D eigenvalue weighted by atomic mass is 16.6. The number of hydrogen-bond acceptors (Lipinski definition) is 10. The molecular formula is C42H45N5O9. The minimum atomic E-state index is -1.90. The normalized spacial score (nSPS) is 17.1. The maximum absolute atomic E-state index is 13.9. The van der Waals surface area contributed by atoms with Crippen LogP contribution in [0.3, 0.4) is 0 Å². The average molecular weight is 764 g/mol. The Morgan fingerprint density at radius 2 is 1.75 bits per heavy atom. The first kappa shape index (κ1) is 38.5. The largest absolute Gasteiger partial charge is 0.458 e. The Kier molecular flexibility index (Phi) is 10.9. The fourth-order valence-electron chi connectivity index (χ4n) is 7.78. The molecule has 2 aromatic carbocycles. The van der Waals surface area contributed by atoms with Crippen LogP contribution in [0.1, 0.15) is 80.7 Å². The molecule has 0 saturated heterocycles. The van der Waals surface area contributed by atoms with Gasteiger partial charge in [0.05, 0.1) is 42.2 Å². The molecule has 1 atom stereocenters. The number of unbranched alkanes of at least 4 members (excludes halogenated alkanes) is 2. The van der Waals surface area contributed by atoms with E-state index in [4.69, 9.17) is 14.5 Å². The Hall–Kier alpha value is -5.73. The van der Waals surface area contributed by atoms with Crippen molar-refractivity contribution in [1.82, 2.24) is 25.1 Å². The van der Waals surface area contributed by atoms with Crippen LogP contribution in [0.5, 0.6) is 0 Å². The second-order valence-corrected chi connectivity index (χ2v) is 15.0. The lowest BCUT2D eigenvalue weighted by molar-refractivity contribution is -0.172. The summed E-state index contributed by atoms with van der Waals surface area (Å²) in [4.78, 5) is 80.6. The topological polar surface area (TPSA) is 186 Å². The molecule has 14 heteroatoms. The molecule has 3 aliphatic heterocycles. The third-order valence-corrected chi connectivity index (χ3v) is 10.7. The summed E-state index contributed by atoms with van der Waals surface area (Å²) in [5, 5.41) is 19.6. The van der Waals surface area contributed by atoms with Crippen LogP contribution in [0.25, 0.3) is 33.1 Å². The molecule has 4 aromatic rings. The number of benzene rings is 2. The van der Waals surface area contributed by atoms with Crippen molar-refractivity contribution in [2.75, 3.05) is 19.8 Å². The molecule has 5 heterocycles. The standard InChI is InChI=1S/C42H45N5O9/c1-4-42(54)31-18-33-39-29(20-47(33)40(52)30(31)22-56-41(42)53)28(16-24(2)3)38-27-17-25(9-10-26(27)11-12-32(38)45-39)21-55-23-44-35(49)19-43-34(48)8-6-5-7-15-46-36(50)13-14-37(46)51/h9-14,17-18,24,54H,4-8,15-16,19-23H2,1-3H3,(H,43,48)(H,44,49)/t42-/m0/s1. The first-order valence-corrected chi connectivity index (χ1v) is 19.1. The predicted molar refractivity (Wildman–Crippen MR) is 206 cm³/mol. The van der Waals surface area contributed by atoms with Crippen LogP contribution in [0.2, 0.25) is 0 Å². The highest BCUT2D eigenvalue weighted by molar-refractivity contribution is 6.13. The summed E-state index contributed by atoms with van der Waals surface area (Å²) in [6, 6.07) is 11.8. The van der Waals surface area contributed by atoms with Crippen LogP contribution < -0.4 is 16.2 Å². The van der Waals surface area contributed by atoms with E-state index in [-0.39, 0.29) is 85.6 Å². The second-order valence-electron chi connectivity index (χ2n) is 15.0. The third-order valence-electron chi connectivity index (χ3n) is 10.7. The van der Waals surface area contributed by atoms with Crippen molar-refractivity contribution in [3.8, 4) is 11.4 Å². The number of carbonyl (C=O) groups excluding carboxylic acids is 5. The number of nitrogens with zero attached hydrogens (tertiary/aromatic N) is 3. The summed E-state index contributed by atoms with van der Waals surface area (Å²) in [6.07, 6.45) is 5.35. The van der Waals surface area contributed by atoms with E-state index < -0.39 is 11.6 Å². The minimum absolute atomic E-state index is 0.0560. The van der Waals surface area contributed by atoms with Crippen molar-refractivity contribution in [2.24, 2.45) is 5.92 Å². The van der Waals surface area contributed by atoms with Crippen LogP contribution in [-0.4, -0.2) is 69.0 Å². The molecule has 0 bridgehead atoms. The van der Waals surface area contributed by atoms with Gasteiger partial charge in [-0.1, -0.05) is 45.4 Å². The molecule has 7 rings (SSSR count). The van der Waals surface area contributed by atoms with E-state index in [0.29, 0.717) is 43.7 Å². The molecule has 0 fully saturated rings. The summed E-state index contributed by atoms with van der Waals surface area (Å²) < 4.78 is 12.7. The van der Waals surface area contributed by atoms with Gasteiger partial charge in [-0.05, 0) is 71.7 Å². The number of aliphatic hydroxyl groups is 1. The fraction of sp³-hybridized carbons (Fsp3) is 0.405. The van der Waals surface area contributed by atoms with Crippen molar-refractivity contribution in [3.05, 3.63) is 86.7 Å². The fourth-order valence-corrected chi connectivity index (χ4v) is 7.78. The number of hydrogen-bond donors (Lipinski definition) is 3. The van der Waals surface area contributed by atoms with E-state index in [1.54, 1.807) is 17.6 Å². The number of esters is 1. The molecule has 56 heavy (non-hydrogen) atoms. The van der Waals surface area contributed by atoms with Gasteiger partial charge in [0.2, 0.25) is 11.8 Å². The van der Waals surface area contributed by atoms with Crippen molar-refractivity contribution in [1.29, 1.82) is 0 Å². The molecule has 0 radical (unpaired) electrons. The van der Waals surface area contributed by atoms with Gasteiger partial charge < -0.3 is 29.8 Å². The van der Waals surface area contributed by atoms with Crippen molar-refractivity contribution in [2.45, 2.75) is 84.7 Å². The number of rotatable bonds is 15. The third kappa shape index (κ3) is 7.33. The van der Waals surface area contributed by atoms with Gasteiger partial charge in [-0.3, -0.25) is 28.9 Å². The molecule has 0 aliphatic carbocycles. The SMILES string of the molecule is CC[C@@]1(O)C(=O)OCc2c1cc1n(c2=O)Cc2c-1nc1ccc3ccc(COCNC(=O)CNC(=O)CCCCCN4C(=O)C=CC4=O)cc3c1c2CC(C)C. The van der Waals surface area contributed by atoms with E-state index in [0.717, 1.165) is 44.8 Å². The molecule has 0 spiro atoms. The van der Waals surface area contributed by atoms with Gasteiger partial charge in [-0.15, -0.1) is 0 Å². The summed E-state index contributed by atoms with van der Waals surface area (Å²) in [7, 11) is 0. The predicted octanol–water partition coefficient (Wildman–Crippen LogP) is 3.62.